The third-order valence-electron chi connectivity index (χ3n) is 7.17. The molecule has 3 heterocycles. The second kappa shape index (κ2) is 24.6. The van der Waals surface area contributed by atoms with Crippen LogP contribution < -0.4 is 31.9 Å². The highest BCUT2D eigenvalue weighted by Crippen LogP contribution is 1.96. The number of hydrogen-bond donors (Lipinski definition) is 6. The molecule has 0 saturated carbocycles. The fourth-order valence-electron chi connectivity index (χ4n) is 4.64. The largest absolute Gasteiger partial charge is 0.315 e. The van der Waals surface area contributed by atoms with E-state index in [1.54, 1.807) is 0 Å². The van der Waals surface area contributed by atoms with Crippen molar-refractivity contribution in [2.75, 3.05) is 78.5 Å². The van der Waals surface area contributed by atoms with Crippen LogP contribution in [0.25, 0.3) is 0 Å². The van der Waals surface area contributed by atoms with E-state index in [4.69, 9.17) is 0 Å². The molecular weight excluding hydrogens is 536 g/mol. The lowest BCUT2D eigenvalue weighted by Crippen LogP contribution is -2.41. The van der Waals surface area contributed by atoms with E-state index in [0.717, 1.165) is 117 Å². The lowest BCUT2D eigenvalue weighted by molar-refractivity contribution is 0.271. The summed E-state index contributed by atoms with van der Waals surface area (Å²) < 4.78 is 0. The van der Waals surface area contributed by atoms with Crippen LogP contribution in [0.5, 0.6) is 0 Å². The van der Waals surface area contributed by atoms with Crippen molar-refractivity contribution in [2.24, 2.45) is 0 Å². The van der Waals surface area contributed by atoms with Gasteiger partial charge in [0.2, 0.25) is 0 Å². The first-order valence-electron chi connectivity index (χ1n) is 16.0. The second-order valence-corrected chi connectivity index (χ2v) is 10.7. The van der Waals surface area contributed by atoms with E-state index >= 15 is 0 Å². The van der Waals surface area contributed by atoms with Crippen LogP contribution in [-0.4, -0.2) is 98.4 Å². The van der Waals surface area contributed by atoms with Crippen molar-refractivity contribution >= 4 is 0 Å². The Hall–Kier alpha value is -2.83. The highest BCUT2D eigenvalue weighted by Gasteiger charge is 2.04. The molecule has 3 aromatic rings. The molecular formula is C33H54N10. The molecule has 3 aromatic heterocycles. The number of pyridine rings is 3. The van der Waals surface area contributed by atoms with Crippen LogP contribution >= 0.6 is 0 Å². The highest BCUT2D eigenvalue weighted by atomic mass is 15.2. The Balaban J connectivity index is 1.20. The number of nitrogens with zero attached hydrogens (tertiary/aromatic N) is 4. The van der Waals surface area contributed by atoms with Gasteiger partial charge in [0.25, 0.3) is 0 Å². The smallest absolute Gasteiger partial charge is 0.0271 e. The van der Waals surface area contributed by atoms with Crippen molar-refractivity contribution in [1.29, 1.82) is 0 Å². The molecule has 236 valence electrons. The lowest BCUT2D eigenvalue weighted by atomic mass is 10.2. The fourth-order valence-corrected chi connectivity index (χ4v) is 4.64. The summed E-state index contributed by atoms with van der Waals surface area (Å²) in [6.45, 7) is 15.1. The van der Waals surface area contributed by atoms with Crippen molar-refractivity contribution in [3.05, 3.63) is 90.3 Å². The maximum Gasteiger partial charge on any atom is 0.0271 e. The van der Waals surface area contributed by atoms with Gasteiger partial charge in [-0.2, -0.15) is 0 Å². The molecule has 0 aromatic carbocycles. The lowest BCUT2D eigenvalue weighted by Gasteiger charge is -2.23. The Morgan fingerprint density at radius 3 is 0.953 bits per heavy atom. The predicted molar refractivity (Wildman–Crippen MR) is 177 cm³/mol. The quantitative estimate of drug-likeness (QED) is 0.0735. The Labute approximate surface area is 259 Å². The van der Waals surface area contributed by atoms with Crippen molar-refractivity contribution < 1.29 is 0 Å². The third kappa shape index (κ3) is 18.4. The average molecular weight is 591 g/mol. The van der Waals surface area contributed by atoms with Crippen molar-refractivity contribution in [1.82, 2.24) is 51.8 Å². The van der Waals surface area contributed by atoms with Crippen LogP contribution in [0.1, 0.15) is 36.0 Å². The van der Waals surface area contributed by atoms with E-state index in [1.165, 1.54) is 16.7 Å². The molecule has 0 aliphatic carbocycles. The molecule has 3 rings (SSSR count). The molecule has 0 fully saturated rings. The molecule has 0 bridgehead atoms. The van der Waals surface area contributed by atoms with E-state index in [0.29, 0.717) is 0 Å². The molecule has 0 saturated heterocycles. The summed E-state index contributed by atoms with van der Waals surface area (Å²) in [5.74, 6) is 0. The van der Waals surface area contributed by atoms with Gasteiger partial charge < -0.3 is 31.9 Å². The zero-order valence-corrected chi connectivity index (χ0v) is 25.9. The van der Waals surface area contributed by atoms with Gasteiger partial charge in [0.15, 0.2) is 0 Å². The van der Waals surface area contributed by atoms with Crippen LogP contribution in [0.3, 0.4) is 0 Å². The van der Waals surface area contributed by atoms with E-state index in [-0.39, 0.29) is 0 Å². The Bertz CT molecular complexity index is 878. The molecule has 0 amide bonds. The van der Waals surface area contributed by atoms with E-state index in [1.807, 2.05) is 37.2 Å². The van der Waals surface area contributed by atoms with Gasteiger partial charge in [-0.3, -0.25) is 19.9 Å². The number of nitrogens with one attached hydrogen (secondary N) is 6. The van der Waals surface area contributed by atoms with Gasteiger partial charge in [0.1, 0.15) is 0 Å². The van der Waals surface area contributed by atoms with Gasteiger partial charge in [-0.15, -0.1) is 0 Å². The summed E-state index contributed by atoms with van der Waals surface area (Å²) in [6, 6.07) is 12.4. The number of hydrogen-bond acceptors (Lipinski definition) is 10. The normalized spacial score (nSPS) is 11.4. The van der Waals surface area contributed by atoms with Gasteiger partial charge in [-0.1, -0.05) is 0 Å². The predicted octanol–water partition coefficient (Wildman–Crippen LogP) is 1.78. The van der Waals surface area contributed by atoms with Crippen LogP contribution in [0.15, 0.2) is 73.6 Å². The summed E-state index contributed by atoms with van der Waals surface area (Å²) in [5, 5.41) is 21.4. The molecule has 43 heavy (non-hydrogen) atoms. The molecule has 10 nitrogen and oxygen atoms in total. The van der Waals surface area contributed by atoms with E-state index in [9.17, 15) is 0 Å². The highest BCUT2D eigenvalue weighted by molar-refractivity contribution is 5.10. The maximum absolute atomic E-state index is 4.08. The Kier molecular flexibility index (Phi) is 19.8. The van der Waals surface area contributed by atoms with Crippen molar-refractivity contribution in [3.63, 3.8) is 0 Å². The van der Waals surface area contributed by atoms with Gasteiger partial charge >= 0.3 is 0 Å². The zero-order valence-electron chi connectivity index (χ0n) is 25.9. The van der Waals surface area contributed by atoms with Crippen molar-refractivity contribution in [3.8, 4) is 0 Å². The minimum absolute atomic E-state index is 0.901. The monoisotopic (exact) mass is 590 g/mol. The number of rotatable bonds is 27. The molecule has 0 spiro atoms. The topological polar surface area (TPSA) is 114 Å². The molecule has 10 heteroatoms. The minimum Gasteiger partial charge on any atom is -0.315 e. The van der Waals surface area contributed by atoms with Gasteiger partial charge in [-0.25, -0.2) is 0 Å². The minimum atomic E-state index is 0.901. The van der Waals surface area contributed by atoms with E-state index < -0.39 is 0 Å². The number of aromatic nitrogens is 3. The Morgan fingerprint density at radius 2 is 0.651 bits per heavy atom. The molecule has 0 aliphatic rings. The molecule has 0 atom stereocenters. The maximum atomic E-state index is 4.08. The van der Waals surface area contributed by atoms with Crippen LogP contribution in [0.4, 0.5) is 0 Å². The summed E-state index contributed by atoms with van der Waals surface area (Å²) in [4.78, 5) is 14.8. The third-order valence-corrected chi connectivity index (χ3v) is 7.17. The van der Waals surface area contributed by atoms with Gasteiger partial charge in [0.05, 0.1) is 0 Å². The SMILES string of the molecule is c1cc(CNCCCNCCN(CCNCCCNCc2ccncc2)CCNCCCNCc2ccncc2)ccn1. The van der Waals surface area contributed by atoms with Crippen LogP contribution in [0, 0.1) is 0 Å². The average Bonchev–Trinajstić information content (AvgIpc) is 3.05. The first-order valence-corrected chi connectivity index (χ1v) is 16.0. The first kappa shape index (κ1) is 34.7. The Morgan fingerprint density at radius 1 is 0.372 bits per heavy atom. The van der Waals surface area contributed by atoms with Crippen molar-refractivity contribution in [2.45, 2.75) is 38.9 Å². The van der Waals surface area contributed by atoms with Gasteiger partial charge in [0, 0.05) is 96.1 Å². The molecule has 0 unspecified atom stereocenters. The molecule has 0 radical (unpaired) electrons. The zero-order chi connectivity index (χ0) is 29.9. The van der Waals surface area contributed by atoms with Gasteiger partial charge in [-0.05, 0) is 112 Å². The fraction of sp³-hybridized carbons (Fsp3) is 0.545. The first-order chi connectivity index (χ1) is 21.4. The summed E-state index contributed by atoms with van der Waals surface area (Å²) in [7, 11) is 0. The standard InChI is InChI=1S/C33H54N10/c1(13-40-28-31-4-16-37-17-5-31)10-34-22-25-43(26-23-35-11-2-14-41-29-32-6-18-38-19-7-32)27-24-36-12-3-15-42-30-33-8-20-39-21-9-33/h4-9,16-21,34-36,40-42H,1-3,10-15,22-30H2. The molecule has 0 aliphatic heterocycles. The van der Waals surface area contributed by atoms with E-state index in [2.05, 4.69) is 88.2 Å². The summed E-state index contributed by atoms with van der Waals surface area (Å²) >= 11 is 0. The van der Waals surface area contributed by atoms with Crippen LogP contribution in [0.2, 0.25) is 0 Å². The second-order valence-electron chi connectivity index (χ2n) is 10.7. The molecule has 6 N–H and O–H groups in total. The van der Waals surface area contributed by atoms with Crippen LogP contribution in [-0.2, 0) is 19.6 Å². The summed E-state index contributed by atoms with van der Waals surface area (Å²) in [5.41, 5.74) is 3.84. The summed E-state index contributed by atoms with van der Waals surface area (Å²) in [6.07, 6.45) is 14.5.